The Balaban J connectivity index is 2.78. The standard InChI is InChI=1S/C12H13FN2O3/c1-12(2,3)18-11(17)15-8-4-5-10(14-7-16)9(13)6-8/h4-6H,1-3H3,(H,15,17). The fourth-order valence-corrected chi connectivity index (χ4v) is 1.15. The largest absolute Gasteiger partial charge is 0.444 e. The number of carbonyl (C=O) groups is 1. The van der Waals surface area contributed by atoms with Crippen LogP contribution >= 0.6 is 0 Å². The Hall–Kier alpha value is -2.20. The topological polar surface area (TPSA) is 67.8 Å². The molecule has 18 heavy (non-hydrogen) atoms. The van der Waals surface area contributed by atoms with Crippen LogP contribution in [0.25, 0.3) is 0 Å². The van der Waals surface area contributed by atoms with Crippen LogP contribution in [0, 0.1) is 5.82 Å². The highest BCUT2D eigenvalue weighted by molar-refractivity contribution is 5.85. The highest BCUT2D eigenvalue weighted by Gasteiger charge is 2.16. The molecule has 0 aliphatic rings. The first-order valence-electron chi connectivity index (χ1n) is 5.19. The molecule has 0 bridgehead atoms. The Kier molecular flexibility index (Phi) is 4.18. The summed E-state index contributed by atoms with van der Waals surface area (Å²) in [5.74, 6) is -0.730. The zero-order chi connectivity index (χ0) is 13.8. The van der Waals surface area contributed by atoms with E-state index in [1.54, 1.807) is 20.8 Å². The van der Waals surface area contributed by atoms with E-state index in [1.165, 1.54) is 18.2 Å². The summed E-state index contributed by atoms with van der Waals surface area (Å²) < 4.78 is 18.4. The third-order valence-electron chi connectivity index (χ3n) is 1.76. The molecule has 0 fully saturated rings. The van der Waals surface area contributed by atoms with Gasteiger partial charge in [-0.15, -0.1) is 0 Å². The number of nitrogens with zero attached hydrogens (tertiary/aromatic N) is 1. The van der Waals surface area contributed by atoms with Crippen LogP contribution in [-0.2, 0) is 9.53 Å². The molecule has 1 amide bonds. The molecule has 6 heteroatoms. The van der Waals surface area contributed by atoms with E-state index in [9.17, 15) is 14.0 Å². The summed E-state index contributed by atoms with van der Waals surface area (Å²) in [6, 6.07) is 3.70. The van der Waals surface area contributed by atoms with Crippen molar-refractivity contribution in [2.75, 3.05) is 5.32 Å². The van der Waals surface area contributed by atoms with Gasteiger partial charge in [-0.1, -0.05) is 0 Å². The van der Waals surface area contributed by atoms with Crippen LogP contribution < -0.4 is 5.32 Å². The number of anilines is 1. The molecule has 0 unspecified atom stereocenters. The van der Waals surface area contributed by atoms with Crippen molar-refractivity contribution < 1.29 is 18.7 Å². The van der Waals surface area contributed by atoms with E-state index in [1.807, 2.05) is 0 Å². The summed E-state index contributed by atoms with van der Waals surface area (Å²) in [6.45, 7) is 5.15. The molecule has 0 radical (unpaired) electrons. The number of halogens is 1. The Morgan fingerprint density at radius 1 is 1.44 bits per heavy atom. The number of hydrogen-bond donors (Lipinski definition) is 1. The average Bonchev–Trinajstić information content (AvgIpc) is 2.19. The summed E-state index contributed by atoms with van der Waals surface area (Å²) in [7, 11) is 0. The number of isocyanates is 1. The number of ether oxygens (including phenoxy) is 1. The second-order valence-electron chi connectivity index (χ2n) is 4.50. The van der Waals surface area contributed by atoms with Gasteiger partial charge in [-0.3, -0.25) is 5.32 Å². The van der Waals surface area contributed by atoms with Gasteiger partial charge >= 0.3 is 6.09 Å². The molecule has 1 aromatic rings. The molecule has 0 aromatic heterocycles. The zero-order valence-corrected chi connectivity index (χ0v) is 10.3. The molecule has 0 saturated carbocycles. The first kappa shape index (κ1) is 13.9. The smallest absolute Gasteiger partial charge is 0.412 e. The quantitative estimate of drug-likeness (QED) is 0.649. The van der Waals surface area contributed by atoms with Crippen molar-refractivity contribution in [1.82, 2.24) is 0 Å². The summed E-state index contributed by atoms with van der Waals surface area (Å²) in [5, 5.41) is 2.37. The van der Waals surface area contributed by atoms with Gasteiger partial charge < -0.3 is 4.74 Å². The van der Waals surface area contributed by atoms with Gasteiger partial charge in [0.05, 0.1) is 0 Å². The lowest BCUT2D eigenvalue weighted by Crippen LogP contribution is -2.27. The van der Waals surface area contributed by atoms with E-state index in [0.29, 0.717) is 0 Å². The maximum atomic E-state index is 13.4. The first-order chi connectivity index (χ1) is 8.31. The third kappa shape index (κ3) is 4.35. The predicted octanol–water partition coefficient (Wildman–Crippen LogP) is 3.14. The molecule has 1 rings (SSSR count). The van der Waals surface area contributed by atoms with Gasteiger partial charge in [0, 0.05) is 5.69 Å². The highest BCUT2D eigenvalue weighted by Crippen LogP contribution is 2.21. The summed E-state index contributed by atoms with van der Waals surface area (Å²) in [6.07, 6.45) is 0.553. The van der Waals surface area contributed by atoms with Crippen molar-refractivity contribution >= 4 is 23.5 Å². The van der Waals surface area contributed by atoms with Gasteiger partial charge in [0.15, 0.2) is 5.82 Å². The predicted molar refractivity (Wildman–Crippen MR) is 64.0 cm³/mol. The summed E-state index contributed by atoms with van der Waals surface area (Å²) >= 11 is 0. The van der Waals surface area contributed by atoms with Crippen LogP contribution in [-0.4, -0.2) is 17.8 Å². The molecule has 0 heterocycles. The highest BCUT2D eigenvalue weighted by atomic mass is 19.1. The number of aliphatic imine (C=N–C) groups is 1. The van der Waals surface area contributed by atoms with Gasteiger partial charge in [-0.05, 0) is 39.0 Å². The van der Waals surface area contributed by atoms with Crippen molar-refractivity contribution in [2.45, 2.75) is 26.4 Å². The van der Waals surface area contributed by atoms with Gasteiger partial charge in [0.2, 0.25) is 6.08 Å². The third-order valence-corrected chi connectivity index (χ3v) is 1.76. The average molecular weight is 252 g/mol. The fourth-order valence-electron chi connectivity index (χ4n) is 1.15. The monoisotopic (exact) mass is 252 g/mol. The van der Waals surface area contributed by atoms with E-state index in [0.717, 1.165) is 6.07 Å². The Morgan fingerprint density at radius 2 is 2.11 bits per heavy atom. The molecule has 0 saturated heterocycles. The van der Waals surface area contributed by atoms with Gasteiger partial charge in [-0.25, -0.2) is 14.0 Å². The molecule has 0 atom stereocenters. The fraction of sp³-hybridized carbons (Fsp3) is 0.333. The Labute approximate surface area is 104 Å². The molecular formula is C12H13FN2O3. The molecule has 0 spiro atoms. The molecule has 0 aliphatic heterocycles. The van der Waals surface area contributed by atoms with Gasteiger partial charge in [0.25, 0.3) is 0 Å². The van der Waals surface area contributed by atoms with Crippen LogP contribution in [0.1, 0.15) is 20.8 Å². The number of benzene rings is 1. The van der Waals surface area contributed by atoms with Crippen LogP contribution in [0.2, 0.25) is 0 Å². The van der Waals surface area contributed by atoms with E-state index >= 15 is 0 Å². The van der Waals surface area contributed by atoms with Crippen LogP contribution in [0.5, 0.6) is 0 Å². The molecule has 1 aromatic carbocycles. The first-order valence-corrected chi connectivity index (χ1v) is 5.19. The van der Waals surface area contributed by atoms with E-state index in [2.05, 4.69) is 10.3 Å². The molecular weight excluding hydrogens is 239 g/mol. The summed E-state index contributed by atoms with van der Waals surface area (Å²) in [4.78, 5) is 24.6. The molecule has 1 N–H and O–H groups in total. The number of carbonyl (C=O) groups excluding carboxylic acids is 2. The van der Waals surface area contributed by atoms with Crippen molar-refractivity contribution in [1.29, 1.82) is 0 Å². The lowest BCUT2D eigenvalue weighted by atomic mass is 10.2. The number of rotatable bonds is 2. The number of nitrogens with one attached hydrogen (secondary N) is 1. The maximum absolute atomic E-state index is 13.4. The maximum Gasteiger partial charge on any atom is 0.412 e. The minimum Gasteiger partial charge on any atom is -0.444 e. The van der Waals surface area contributed by atoms with E-state index < -0.39 is 17.5 Å². The molecule has 0 aliphatic carbocycles. The second-order valence-corrected chi connectivity index (χ2v) is 4.50. The van der Waals surface area contributed by atoms with Crippen molar-refractivity contribution in [3.05, 3.63) is 24.0 Å². The van der Waals surface area contributed by atoms with Crippen LogP contribution in [0.15, 0.2) is 23.2 Å². The number of hydrogen-bond acceptors (Lipinski definition) is 4. The SMILES string of the molecule is CC(C)(C)OC(=O)Nc1ccc(N=C=O)c(F)c1. The molecule has 96 valence electrons. The van der Waals surface area contributed by atoms with Crippen LogP contribution in [0.4, 0.5) is 20.6 Å². The normalized spacial score (nSPS) is 10.4. The lowest BCUT2D eigenvalue weighted by molar-refractivity contribution is 0.0636. The lowest BCUT2D eigenvalue weighted by Gasteiger charge is -2.19. The minimum atomic E-state index is -0.730. The second kappa shape index (κ2) is 5.42. The number of amides is 1. The van der Waals surface area contributed by atoms with Crippen molar-refractivity contribution in [3.63, 3.8) is 0 Å². The van der Waals surface area contributed by atoms with Crippen molar-refractivity contribution in [2.24, 2.45) is 4.99 Å². The zero-order valence-electron chi connectivity index (χ0n) is 10.3. The Bertz CT molecular complexity index is 503. The van der Waals surface area contributed by atoms with Crippen LogP contribution in [0.3, 0.4) is 0 Å². The minimum absolute atomic E-state index is 0.139. The molecule has 5 nitrogen and oxygen atoms in total. The van der Waals surface area contributed by atoms with Gasteiger partial charge in [0.1, 0.15) is 11.3 Å². The van der Waals surface area contributed by atoms with Crippen molar-refractivity contribution in [3.8, 4) is 0 Å². The van der Waals surface area contributed by atoms with Gasteiger partial charge in [-0.2, -0.15) is 4.99 Å². The summed E-state index contributed by atoms with van der Waals surface area (Å²) in [5.41, 5.74) is -0.559. The van der Waals surface area contributed by atoms with E-state index in [4.69, 9.17) is 4.74 Å². The Morgan fingerprint density at radius 3 is 2.61 bits per heavy atom. The van der Waals surface area contributed by atoms with E-state index in [-0.39, 0.29) is 11.4 Å².